The van der Waals surface area contributed by atoms with Crippen molar-refractivity contribution in [2.75, 3.05) is 33.0 Å². The Morgan fingerprint density at radius 2 is 0.926 bits per heavy atom. The maximum Gasteiger partial charge on any atom is 0.472 e. The van der Waals surface area contributed by atoms with Crippen molar-refractivity contribution in [1.29, 1.82) is 0 Å². The summed E-state index contributed by atoms with van der Waals surface area (Å²) in [7, 11) is -4.28. The molecule has 0 amide bonds. The highest BCUT2D eigenvalue weighted by atomic mass is 31.2. The minimum Gasteiger partial charge on any atom is -0.457 e. The molecule has 3 N–H and O–H groups in total. The SMILES string of the molecule is CCCCCCCC/C=C\CCCCCCCCCCCC(=O)OC(COCCCCCCCC/C=C\CCCCCCCC)COP(=O)(O)OCCN. The van der Waals surface area contributed by atoms with Crippen LogP contribution in [-0.4, -0.2) is 49.9 Å². The standard InChI is InChI=1S/C45H88NO7P/c1-3-5-7-9-11-13-15-17-19-21-22-23-24-26-28-30-32-34-36-38-45(47)53-44(43-52-54(48,49)51-41-39-46)42-50-40-37-35-33-31-29-27-25-20-18-16-14-12-10-8-6-4-2/h17-20,44H,3-16,21-43,46H2,1-2H3,(H,48,49)/b19-17-,20-18-. The van der Waals surface area contributed by atoms with E-state index >= 15 is 0 Å². The van der Waals surface area contributed by atoms with Gasteiger partial charge in [0.2, 0.25) is 0 Å². The monoisotopic (exact) mass is 786 g/mol. The molecule has 0 rings (SSSR count). The molecule has 0 aliphatic carbocycles. The van der Waals surface area contributed by atoms with E-state index in [4.69, 9.17) is 24.3 Å². The van der Waals surface area contributed by atoms with E-state index < -0.39 is 13.9 Å². The molecule has 54 heavy (non-hydrogen) atoms. The molecule has 0 spiro atoms. The van der Waals surface area contributed by atoms with Gasteiger partial charge in [-0.1, -0.05) is 173 Å². The Labute approximate surface area is 334 Å². The third-order valence-electron chi connectivity index (χ3n) is 9.84. The van der Waals surface area contributed by atoms with E-state index in [2.05, 4.69) is 38.2 Å². The maximum absolute atomic E-state index is 12.6. The van der Waals surface area contributed by atoms with Crippen molar-refractivity contribution in [3.05, 3.63) is 24.3 Å². The Bertz CT molecular complexity index is 884. The first-order valence-electron chi connectivity index (χ1n) is 22.8. The summed E-state index contributed by atoms with van der Waals surface area (Å²) in [6, 6.07) is 0. The number of phosphoric acid groups is 1. The van der Waals surface area contributed by atoms with E-state index in [1.807, 2.05) is 0 Å². The smallest absolute Gasteiger partial charge is 0.457 e. The van der Waals surface area contributed by atoms with Gasteiger partial charge in [0.05, 0.1) is 19.8 Å². The number of hydrogen-bond acceptors (Lipinski definition) is 7. The molecule has 2 atom stereocenters. The third kappa shape index (κ3) is 42.1. The summed E-state index contributed by atoms with van der Waals surface area (Å²) in [5.74, 6) is -0.332. The number of unbranched alkanes of at least 4 members (excludes halogenated alkanes) is 27. The second-order valence-corrected chi connectivity index (χ2v) is 16.7. The van der Waals surface area contributed by atoms with Crippen LogP contribution >= 0.6 is 7.82 Å². The molecule has 0 radical (unpaired) electrons. The molecular formula is C45H88NO7P. The number of phosphoric ester groups is 1. The normalized spacial score (nSPS) is 13.6. The highest BCUT2D eigenvalue weighted by Gasteiger charge is 2.25. The summed E-state index contributed by atoms with van der Waals surface area (Å²) in [6.45, 7) is 4.93. The van der Waals surface area contributed by atoms with Gasteiger partial charge in [0.25, 0.3) is 0 Å². The van der Waals surface area contributed by atoms with Crippen molar-refractivity contribution in [2.45, 2.75) is 225 Å². The van der Waals surface area contributed by atoms with Gasteiger partial charge in [-0.3, -0.25) is 13.8 Å². The maximum atomic E-state index is 12.6. The lowest BCUT2D eigenvalue weighted by Gasteiger charge is -2.20. The van der Waals surface area contributed by atoms with Gasteiger partial charge in [-0.25, -0.2) is 4.57 Å². The van der Waals surface area contributed by atoms with Gasteiger partial charge < -0.3 is 20.1 Å². The van der Waals surface area contributed by atoms with Crippen LogP contribution < -0.4 is 5.73 Å². The van der Waals surface area contributed by atoms with Gasteiger partial charge in [-0.15, -0.1) is 0 Å². The van der Waals surface area contributed by atoms with Crippen LogP contribution in [-0.2, 0) is 27.9 Å². The van der Waals surface area contributed by atoms with Crippen LogP contribution in [0.25, 0.3) is 0 Å². The molecule has 0 aromatic carbocycles. The predicted octanol–water partition coefficient (Wildman–Crippen LogP) is 13.6. The van der Waals surface area contributed by atoms with E-state index in [0.29, 0.717) is 13.0 Å². The summed E-state index contributed by atoms with van der Waals surface area (Å²) in [5, 5.41) is 0. The molecule has 320 valence electrons. The highest BCUT2D eigenvalue weighted by molar-refractivity contribution is 7.47. The lowest BCUT2D eigenvalue weighted by molar-refractivity contribution is -0.154. The molecule has 0 saturated heterocycles. The van der Waals surface area contributed by atoms with Crippen LogP contribution in [0.2, 0.25) is 0 Å². The number of carbonyl (C=O) groups is 1. The fraction of sp³-hybridized carbons (Fsp3) is 0.889. The second kappa shape index (κ2) is 43.1. The molecule has 0 bridgehead atoms. The summed E-state index contributed by atoms with van der Waals surface area (Å²) < 4.78 is 33.5. The molecule has 0 heterocycles. The number of nitrogens with two attached hydrogens (primary N) is 1. The zero-order chi connectivity index (χ0) is 39.5. The minimum atomic E-state index is -4.28. The molecule has 0 aliphatic rings. The van der Waals surface area contributed by atoms with Crippen molar-refractivity contribution >= 4 is 13.8 Å². The van der Waals surface area contributed by atoms with E-state index in [9.17, 15) is 14.3 Å². The zero-order valence-corrected chi connectivity index (χ0v) is 36.4. The minimum absolute atomic E-state index is 0.0956. The first-order valence-corrected chi connectivity index (χ1v) is 24.3. The van der Waals surface area contributed by atoms with Gasteiger partial charge >= 0.3 is 13.8 Å². The molecule has 0 saturated carbocycles. The van der Waals surface area contributed by atoms with Crippen LogP contribution in [0.3, 0.4) is 0 Å². The molecule has 2 unspecified atom stereocenters. The number of carbonyl (C=O) groups excluding carboxylic acids is 1. The quantitative estimate of drug-likeness (QED) is 0.0271. The van der Waals surface area contributed by atoms with Crippen LogP contribution in [0.15, 0.2) is 24.3 Å². The average molecular weight is 786 g/mol. The molecule has 0 aromatic heterocycles. The van der Waals surface area contributed by atoms with E-state index in [-0.39, 0.29) is 32.3 Å². The van der Waals surface area contributed by atoms with Crippen molar-refractivity contribution in [1.82, 2.24) is 0 Å². The Morgan fingerprint density at radius 3 is 1.35 bits per heavy atom. The molecule has 0 fully saturated rings. The Kier molecular flexibility index (Phi) is 42.3. The van der Waals surface area contributed by atoms with Crippen LogP contribution in [0.4, 0.5) is 0 Å². The Hall–Kier alpha value is -1.02. The van der Waals surface area contributed by atoms with Crippen molar-refractivity contribution < 1.29 is 32.8 Å². The summed E-state index contributed by atoms with van der Waals surface area (Å²) in [4.78, 5) is 22.5. The first-order chi connectivity index (χ1) is 26.4. The predicted molar refractivity (Wildman–Crippen MR) is 229 cm³/mol. The van der Waals surface area contributed by atoms with Crippen molar-refractivity contribution in [3.8, 4) is 0 Å². The van der Waals surface area contributed by atoms with Crippen molar-refractivity contribution in [3.63, 3.8) is 0 Å². The lowest BCUT2D eigenvalue weighted by Crippen LogP contribution is -2.28. The fourth-order valence-corrected chi connectivity index (χ4v) is 7.22. The lowest BCUT2D eigenvalue weighted by atomic mass is 10.1. The van der Waals surface area contributed by atoms with Gasteiger partial charge in [0.15, 0.2) is 0 Å². The number of esters is 1. The molecule has 0 aliphatic heterocycles. The largest absolute Gasteiger partial charge is 0.472 e. The topological polar surface area (TPSA) is 117 Å². The average Bonchev–Trinajstić information content (AvgIpc) is 3.16. The molecule has 8 nitrogen and oxygen atoms in total. The Balaban J connectivity index is 3.99. The van der Waals surface area contributed by atoms with Gasteiger partial charge in [-0.05, 0) is 64.2 Å². The Morgan fingerprint density at radius 1 is 0.537 bits per heavy atom. The number of hydrogen-bond donors (Lipinski definition) is 2. The van der Waals surface area contributed by atoms with E-state index in [0.717, 1.165) is 32.1 Å². The molecule has 9 heteroatoms. The zero-order valence-electron chi connectivity index (χ0n) is 35.5. The molecule has 0 aromatic rings. The van der Waals surface area contributed by atoms with Crippen LogP contribution in [0.5, 0.6) is 0 Å². The van der Waals surface area contributed by atoms with Gasteiger partial charge in [-0.2, -0.15) is 0 Å². The van der Waals surface area contributed by atoms with Crippen molar-refractivity contribution in [2.24, 2.45) is 5.73 Å². The van der Waals surface area contributed by atoms with Crippen LogP contribution in [0, 0.1) is 0 Å². The number of allylic oxidation sites excluding steroid dienone is 4. The highest BCUT2D eigenvalue weighted by Crippen LogP contribution is 2.43. The first kappa shape index (κ1) is 53.0. The van der Waals surface area contributed by atoms with Crippen LogP contribution in [0.1, 0.15) is 219 Å². The number of rotatable bonds is 44. The summed E-state index contributed by atoms with van der Waals surface area (Å²) >= 11 is 0. The second-order valence-electron chi connectivity index (χ2n) is 15.3. The van der Waals surface area contributed by atoms with E-state index in [1.54, 1.807) is 0 Å². The van der Waals surface area contributed by atoms with Gasteiger partial charge in [0.1, 0.15) is 6.10 Å². The van der Waals surface area contributed by atoms with Gasteiger partial charge in [0, 0.05) is 19.6 Å². The fourth-order valence-electron chi connectivity index (χ4n) is 6.46. The number of ether oxygens (including phenoxy) is 2. The molecular weight excluding hydrogens is 697 g/mol. The third-order valence-corrected chi connectivity index (χ3v) is 10.8. The van der Waals surface area contributed by atoms with E-state index in [1.165, 1.54) is 167 Å². The summed E-state index contributed by atoms with van der Waals surface area (Å²) in [6.07, 6.45) is 47.6. The summed E-state index contributed by atoms with van der Waals surface area (Å²) in [5.41, 5.74) is 5.37.